The summed E-state index contributed by atoms with van der Waals surface area (Å²) >= 11 is 0. The first-order chi connectivity index (χ1) is 11.6. The molecule has 2 unspecified atom stereocenters. The molecular weight excluding hydrogens is 336 g/mol. The highest BCUT2D eigenvalue weighted by Gasteiger charge is 2.26. The van der Waals surface area contributed by atoms with Crippen LogP contribution in [0.4, 0.5) is 0 Å². The second kappa shape index (κ2) is 8.88. The molecule has 5 heteroatoms. The summed E-state index contributed by atoms with van der Waals surface area (Å²) in [6, 6.07) is 17.1. The fourth-order valence-corrected chi connectivity index (χ4v) is 3.12. The summed E-state index contributed by atoms with van der Waals surface area (Å²) in [4.78, 5) is 14.7. The number of hydrogen-bond acceptors (Lipinski definition) is 3. The number of carbonyl (C=O) groups excluding carboxylic acids is 1. The van der Waals surface area contributed by atoms with Gasteiger partial charge in [-0.1, -0.05) is 24.3 Å². The molecule has 1 aliphatic rings. The average molecular weight is 361 g/mol. The van der Waals surface area contributed by atoms with Crippen LogP contribution in [0.25, 0.3) is 0 Å². The predicted octanol–water partition coefficient (Wildman–Crippen LogP) is 4.10. The molecule has 4 nitrogen and oxygen atoms in total. The number of nitrogens with zero attached hydrogens (tertiary/aromatic N) is 1. The Morgan fingerprint density at radius 2 is 1.88 bits per heavy atom. The number of ether oxygens (including phenoxy) is 1. The number of amides is 1. The lowest BCUT2D eigenvalue weighted by atomic mass is 9.92. The van der Waals surface area contributed by atoms with E-state index in [9.17, 15) is 4.79 Å². The average Bonchev–Trinajstić information content (AvgIpc) is 2.62. The van der Waals surface area contributed by atoms with Gasteiger partial charge in [-0.05, 0) is 56.0 Å². The van der Waals surface area contributed by atoms with E-state index in [2.05, 4.69) is 0 Å². The summed E-state index contributed by atoms with van der Waals surface area (Å²) in [6.45, 7) is 3.55. The van der Waals surface area contributed by atoms with Crippen molar-refractivity contribution in [3.63, 3.8) is 0 Å². The van der Waals surface area contributed by atoms with Crippen molar-refractivity contribution in [1.29, 1.82) is 0 Å². The Balaban J connectivity index is 0.00000225. The Kier molecular flexibility index (Phi) is 6.85. The summed E-state index contributed by atoms with van der Waals surface area (Å²) in [5.41, 5.74) is 6.68. The van der Waals surface area contributed by atoms with Crippen LogP contribution in [0.1, 0.15) is 30.1 Å². The number of para-hydroxylation sites is 1. The largest absolute Gasteiger partial charge is 0.457 e. The normalized spacial score (nSPS) is 18.2. The van der Waals surface area contributed by atoms with E-state index in [-0.39, 0.29) is 24.4 Å². The second-order valence-corrected chi connectivity index (χ2v) is 6.46. The number of carbonyl (C=O) groups is 1. The van der Waals surface area contributed by atoms with Crippen molar-refractivity contribution in [3.8, 4) is 11.5 Å². The fourth-order valence-electron chi connectivity index (χ4n) is 3.12. The van der Waals surface area contributed by atoms with E-state index in [4.69, 9.17) is 10.5 Å². The summed E-state index contributed by atoms with van der Waals surface area (Å²) in [5, 5.41) is 0. The minimum absolute atomic E-state index is 0. The van der Waals surface area contributed by atoms with Crippen LogP contribution >= 0.6 is 12.4 Å². The van der Waals surface area contributed by atoms with Crippen LogP contribution in [-0.4, -0.2) is 29.9 Å². The van der Waals surface area contributed by atoms with Crippen LogP contribution in [-0.2, 0) is 0 Å². The zero-order valence-corrected chi connectivity index (χ0v) is 15.2. The van der Waals surface area contributed by atoms with Gasteiger partial charge in [0.25, 0.3) is 5.91 Å². The molecule has 0 spiro atoms. The third-order valence-corrected chi connectivity index (χ3v) is 4.55. The molecule has 0 saturated carbocycles. The van der Waals surface area contributed by atoms with Crippen molar-refractivity contribution in [2.75, 3.05) is 13.1 Å². The standard InChI is InChI=1S/C20H24N2O2.ClH/c1-15(21)17-8-6-12-22(14-17)20(23)16-7-5-11-19(13-16)24-18-9-3-2-4-10-18;/h2-5,7,9-11,13,15,17H,6,8,12,14,21H2,1H3;1H. The van der Waals surface area contributed by atoms with Gasteiger partial charge in [0.15, 0.2) is 0 Å². The van der Waals surface area contributed by atoms with Crippen molar-refractivity contribution in [3.05, 3.63) is 60.2 Å². The molecule has 0 aliphatic carbocycles. The van der Waals surface area contributed by atoms with E-state index >= 15 is 0 Å². The van der Waals surface area contributed by atoms with Crippen molar-refractivity contribution >= 4 is 18.3 Å². The number of benzene rings is 2. The Bertz CT molecular complexity index is 691. The van der Waals surface area contributed by atoms with Crippen LogP contribution in [0.15, 0.2) is 54.6 Å². The number of halogens is 1. The minimum atomic E-state index is 0. The maximum Gasteiger partial charge on any atom is 0.253 e. The first-order valence-electron chi connectivity index (χ1n) is 8.51. The van der Waals surface area contributed by atoms with Crippen molar-refractivity contribution in [2.24, 2.45) is 11.7 Å². The zero-order valence-electron chi connectivity index (χ0n) is 14.4. The van der Waals surface area contributed by atoms with Gasteiger partial charge in [0.2, 0.25) is 0 Å². The molecule has 2 aromatic carbocycles. The molecule has 0 radical (unpaired) electrons. The molecule has 25 heavy (non-hydrogen) atoms. The molecule has 2 aromatic rings. The molecule has 1 fully saturated rings. The highest BCUT2D eigenvalue weighted by Crippen LogP contribution is 2.24. The van der Waals surface area contributed by atoms with E-state index in [1.54, 1.807) is 0 Å². The number of rotatable bonds is 4. The Morgan fingerprint density at radius 1 is 1.16 bits per heavy atom. The highest BCUT2D eigenvalue weighted by atomic mass is 35.5. The molecule has 3 rings (SSSR count). The summed E-state index contributed by atoms with van der Waals surface area (Å²) in [7, 11) is 0. The van der Waals surface area contributed by atoms with E-state index in [0.717, 1.165) is 31.7 Å². The SMILES string of the molecule is CC(N)C1CCCN(C(=O)c2cccc(Oc3ccccc3)c2)C1.Cl. The van der Waals surface area contributed by atoms with Gasteiger partial charge in [0.1, 0.15) is 11.5 Å². The molecule has 0 aromatic heterocycles. The molecular formula is C20H25ClN2O2. The van der Waals surface area contributed by atoms with Crippen LogP contribution < -0.4 is 10.5 Å². The molecule has 0 bridgehead atoms. The summed E-state index contributed by atoms with van der Waals surface area (Å²) < 4.78 is 5.83. The first-order valence-corrected chi connectivity index (χ1v) is 8.51. The van der Waals surface area contributed by atoms with Gasteiger partial charge in [-0.3, -0.25) is 4.79 Å². The van der Waals surface area contributed by atoms with Gasteiger partial charge in [0.05, 0.1) is 0 Å². The predicted molar refractivity (Wildman–Crippen MR) is 102 cm³/mol. The number of hydrogen-bond donors (Lipinski definition) is 1. The molecule has 134 valence electrons. The van der Waals surface area contributed by atoms with E-state index < -0.39 is 0 Å². The third kappa shape index (κ3) is 4.97. The number of likely N-dealkylation sites (tertiary alicyclic amines) is 1. The third-order valence-electron chi connectivity index (χ3n) is 4.55. The van der Waals surface area contributed by atoms with Gasteiger partial charge in [-0.25, -0.2) is 0 Å². The Labute approximate surface area is 155 Å². The molecule has 1 aliphatic heterocycles. The Hall–Kier alpha value is -2.04. The Morgan fingerprint density at radius 3 is 2.60 bits per heavy atom. The van der Waals surface area contributed by atoms with Crippen LogP contribution in [0.5, 0.6) is 11.5 Å². The van der Waals surface area contributed by atoms with Crippen LogP contribution in [0.3, 0.4) is 0 Å². The van der Waals surface area contributed by atoms with Crippen molar-refractivity contribution < 1.29 is 9.53 Å². The second-order valence-electron chi connectivity index (χ2n) is 6.46. The van der Waals surface area contributed by atoms with Gasteiger partial charge >= 0.3 is 0 Å². The van der Waals surface area contributed by atoms with Gasteiger partial charge in [-0.15, -0.1) is 12.4 Å². The topological polar surface area (TPSA) is 55.6 Å². The number of piperidine rings is 1. The quantitative estimate of drug-likeness (QED) is 0.893. The van der Waals surface area contributed by atoms with E-state index in [1.807, 2.05) is 66.4 Å². The molecule has 1 amide bonds. The summed E-state index contributed by atoms with van der Waals surface area (Å²) in [5.74, 6) is 1.87. The van der Waals surface area contributed by atoms with Crippen LogP contribution in [0.2, 0.25) is 0 Å². The fraction of sp³-hybridized carbons (Fsp3) is 0.350. The zero-order chi connectivity index (χ0) is 16.9. The molecule has 1 saturated heterocycles. The summed E-state index contributed by atoms with van der Waals surface area (Å²) in [6.07, 6.45) is 2.11. The minimum Gasteiger partial charge on any atom is -0.457 e. The van der Waals surface area contributed by atoms with Gasteiger partial charge < -0.3 is 15.4 Å². The maximum atomic E-state index is 12.8. The molecule has 1 heterocycles. The first kappa shape index (κ1) is 19.3. The van der Waals surface area contributed by atoms with Crippen LogP contribution in [0, 0.1) is 5.92 Å². The lowest BCUT2D eigenvalue weighted by molar-refractivity contribution is 0.0660. The lowest BCUT2D eigenvalue weighted by Crippen LogP contribution is -2.45. The maximum absolute atomic E-state index is 12.8. The van der Waals surface area contributed by atoms with Gasteiger partial charge in [-0.2, -0.15) is 0 Å². The molecule has 2 N–H and O–H groups in total. The monoisotopic (exact) mass is 360 g/mol. The highest BCUT2D eigenvalue weighted by molar-refractivity contribution is 5.94. The lowest BCUT2D eigenvalue weighted by Gasteiger charge is -2.34. The smallest absolute Gasteiger partial charge is 0.253 e. The van der Waals surface area contributed by atoms with E-state index in [0.29, 0.717) is 17.2 Å². The van der Waals surface area contributed by atoms with E-state index in [1.165, 1.54) is 0 Å². The van der Waals surface area contributed by atoms with Gasteiger partial charge in [0, 0.05) is 24.7 Å². The van der Waals surface area contributed by atoms with Crippen molar-refractivity contribution in [1.82, 2.24) is 4.90 Å². The number of nitrogens with two attached hydrogens (primary N) is 1. The van der Waals surface area contributed by atoms with Crippen molar-refractivity contribution in [2.45, 2.75) is 25.8 Å². The molecule has 2 atom stereocenters.